The maximum atomic E-state index is 14.9. The number of carboxylic acid groups (broad SMARTS) is 1. The van der Waals surface area contributed by atoms with E-state index in [2.05, 4.69) is 54.5 Å². The van der Waals surface area contributed by atoms with Crippen molar-refractivity contribution in [2.75, 3.05) is 20.8 Å². The van der Waals surface area contributed by atoms with Gasteiger partial charge in [0, 0.05) is 11.1 Å². The molecule has 0 aromatic heterocycles. The zero-order valence-electron chi connectivity index (χ0n) is 42.7. The number of methoxy groups -OCH3 is 2. The molecule has 1 N–H and O–H groups in total. The van der Waals surface area contributed by atoms with E-state index < -0.39 is 5.97 Å². The van der Waals surface area contributed by atoms with E-state index in [1.54, 1.807) is 38.5 Å². The third-order valence-corrected chi connectivity index (χ3v) is 12.4. The average Bonchev–Trinajstić information content (AvgIpc) is 3.33. The Morgan fingerprint density at radius 2 is 0.900 bits per heavy atom. The third-order valence-electron chi connectivity index (χ3n) is 12.4. The van der Waals surface area contributed by atoms with Gasteiger partial charge in [-0.3, -0.25) is 9.59 Å². The first-order valence-corrected chi connectivity index (χ1v) is 24.1. The number of carboxylic acids is 1. The van der Waals surface area contributed by atoms with Gasteiger partial charge >= 0.3 is 11.9 Å². The molecule has 0 aliphatic rings. The summed E-state index contributed by atoms with van der Waals surface area (Å²) in [5.41, 5.74) is 8.35. The molecular weight excluding hydrogens is 887 g/mol. The van der Waals surface area contributed by atoms with Gasteiger partial charge in [0.15, 0.2) is 0 Å². The van der Waals surface area contributed by atoms with Gasteiger partial charge in [0.05, 0.1) is 33.7 Å². The largest absolute Gasteiger partial charge is 0.497 e. The Morgan fingerprint density at radius 1 is 0.514 bits per heavy atom. The van der Waals surface area contributed by atoms with E-state index >= 15 is 0 Å². The molecule has 0 amide bonds. The molecule has 0 saturated carbocycles. The Bertz CT molecular complexity index is 2660. The van der Waals surface area contributed by atoms with Crippen molar-refractivity contribution in [2.45, 2.75) is 124 Å². The first kappa shape index (κ1) is 54.3. The number of rotatable bonds is 19. The highest BCUT2D eigenvalue weighted by Gasteiger charge is 2.24. The maximum Gasteiger partial charge on any atom is 0.306 e. The summed E-state index contributed by atoms with van der Waals surface area (Å²) in [5, 5.41) is 9.11. The standard InChI is InChI=1S/C31H37FO4.C29H33FO4/c1-7-22(18-30(33)35-8-2)23-10-12-24(13-11-23)36-20-21-9-15-28(31(3,4)5)26(17-21)27-19-25(34-6)14-16-29(27)32;1-6-20(16-28(31)32)21-8-10-22(11-9-21)34-18-19-7-13-26(29(2,3)4)24(15-19)25-17-23(33-5)12-14-27(25)30/h9-17,19,22H,7-8,18,20H2,1-6H3;7-15,17,20H,6,16,18H2,1-5H3,(H,31,32)/t22-;20-/m11/s1. The molecule has 0 radical (unpaired) electrons. The van der Waals surface area contributed by atoms with Crippen LogP contribution in [-0.4, -0.2) is 37.9 Å². The van der Waals surface area contributed by atoms with E-state index in [9.17, 15) is 18.4 Å². The Labute approximate surface area is 413 Å². The Hall–Kier alpha value is -6.68. The zero-order chi connectivity index (χ0) is 51.2. The number of carbonyl (C=O) groups excluding carboxylic acids is 1. The van der Waals surface area contributed by atoms with E-state index in [1.807, 2.05) is 92.7 Å². The van der Waals surface area contributed by atoms with Crippen LogP contribution in [0.15, 0.2) is 121 Å². The molecule has 8 nitrogen and oxygen atoms in total. The van der Waals surface area contributed by atoms with Crippen molar-refractivity contribution in [1.82, 2.24) is 0 Å². The van der Waals surface area contributed by atoms with Gasteiger partial charge in [-0.25, -0.2) is 8.78 Å². The molecule has 0 aliphatic heterocycles. The summed E-state index contributed by atoms with van der Waals surface area (Å²) < 4.78 is 57.5. The molecule has 0 saturated heterocycles. The van der Waals surface area contributed by atoms with Crippen molar-refractivity contribution in [3.05, 3.63) is 166 Å². The average molecular weight is 957 g/mol. The molecule has 0 unspecified atom stereocenters. The van der Waals surface area contributed by atoms with Gasteiger partial charge < -0.3 is 28.8 Å². The fourth-order valence-electron chi connectivity index (χ4n) is 8.43. The summed E-state index contributed by atoms with van der Waals surface area (Å²) >= 11 is 0. The van der Waals surface area contributed by atoms with Gasteiger partial charge in [-0.2, -0.15) is 0 Å². The van der Waals surface area contributed by atoms with Gasteiger partial charge in [-0.15, -0.1) is 0 Å². The number of aliphatic carboxylic acids is 1. The van der Waals surface area contributed by atoms with Gasteiger partial charge in [-0.1, -0.05) is 104 Å². The maximum absolute atomic E-state index is 14.9. The molecule has 2 atom stereocenters. The van der Waals surface area contributed by atoms with Crippen molar-refractivity contribution >= 4 is 11.9 Å². The number of esters is 1. The Balaban J connectivity index is 0.000000261. The summed E-state index contributed by atoms with van der Waals surface area (Å²) in [7, 11) is 3.15. The number of hydrogen-bond acceptors (Lipinski definition) is 7. The normalized spacial score (nSPS) is 12.2. The van der Waals surface area contributed by atoms with Gasteiger partial charge in [-0.05, 0) is 160 Å². The van der Waals surface area contributed by atoms with Gasteiger partial charge in [0.2, 0.25) is 0 Å². The lowest BCUT2D eigenvalue weighted by molar-refractivity contribution is -0.143. The van der Waals surface area contributed by atoms with Crippen molar-refractivity contribution in [3.8, 4) is 45.3 Å². The van der Waals surface area contributed by atoms with E-state index in [0.717, 1.165) is 63.1 Å². The summed E-state index contributed by atoms with van der Waals surface area (Å²) in [6, 6.07) is 37.1. The van der Waals surface area contributed by atoms with Crippen molar-refractivity contribution < 1.29 is 47.2 Å². The summed E-state index contributed by atoms with van der Waals surface area (Å²) in [4.78, 5) is 23.0. The second-order valence-corrected chi connectivity index (χ2v) is 19.5. The third kappa shape index (κ3) is 14.9. The minimum absolute atomic E-state index is 0.0168. The number of carbonyl (C=O) groups is 2. The van der Waals surface area contributed by atoms with Crippen LogP contribution in [-0.2, 0) is 38.4 Å². The summed E-state index contributed by atoms with van der Waals surface area (Å²) in [5.74, 6) is 1.19. The molecule has 0 bridgehead atoms. The molecule has 6 rings (SSSR count). The van der Waals surface area contributed by atoms with Crippen LogP contribution >= 0.6 is 0 Å². The van der Waals surface area contributed by atoms with E-state index in [1.165, 1.54) is 12.1 Å². The smallest absolute Gasteiger partial charge is 0.306 e. The highest BCUT2D eigenvalue weighted by atomic mass is 19.1. The fraction of sp³-hybridized carbons (Fsp3) is 0.367. The zero-order valence-corrected chi connectivity index (χ0v) is 42.7. The summed E-state index contributed by atoms with van der Waals surface area (Å²) in [6.07, 6.45) is 2.09. The minimum Gasteiger partial charge on any atom is -0.497 e. The molecule has 0 heterocycles. The fourth-order valence-corrected chi connectivity index (χ4v) is 8.43. The van der Waals surface area contributed by atoms with Crippen LogP contribution in [0.4, 0.5) is 8.78 Å². The van der Waals surface area contributed by atoms with Crippen molar-refractivity contribution in [2.24, 2.45) is 0 Å². The number of halogens is 2. The molecule has 70 heavy (non-hydrogen) atoms. The molecule has 0 fully saturated rings. The van der Waals surface area contributed by atoms with E-state index in [4.69, 9.17) is 28.8 Å². The van der Waals surface area contributed by atoms with E-state index in [0.29, 0.717) is 54.6 Å². The lowest BCUT2D eigenvalue weighted by Gasteiger charge is -2.24. The first-order chi connectivity index (χ1) is 33.3. The SMILES string of the molecule is CCOC(=O)C[C@@H](CC)c1ccc(OCc2ccc(C(C)(C)C)c(-c3cc(OC)ccc3F)c2)cc1.CC[C@H](CC(=O)O)c1ccc(OCc2ccc(C(C)(C)C)c(-c3cc(OC)ccc3F)c2)cc1. The van der Waals surface area contributed by atoms with Gasteiger partial charge in [0.1, 0.15) is 47.8 Å². The second-order valence-electron chi connectivity index (χ2n) is 19.5. The van der Waals surface area contributed by atoms with Crippen LogP contribution in [0.25, 0.3) is 22.3 Å². The number of benzene rings is 6. The van der Waals surface area contributed by atoms with Crippen LogP contribution in [0, 0.1) is 11.6 Å². The van der Waals surface area contributed by atoms with Crippen LogP contribution in [0.2, 0.25) is 0 Å². The van der Waals surface area contributed by atoms with Crippen molar-refractivity contribution in [1.29, 1.82) is 0 Å². The molecule has 0 spiro atoms. The van der Waals surface area contributed by atoms with Crippen molar-refractivity contribution in [3.63, 3.8) is 0 Å². The topological polar surface area (TPSA) is 101 Å². The monoisotopic (exact) mass is 957 g/mol. The second kappa shape index (κ2) is 24.7. The predicted octanol–water partition coefficient (Wildman–Crippen LogP) is 15.2. The lowest BCUT2D eigenvalue weighted by atomic mass is 9.81. The van der Waals surface area contributed by atoms with Crippen LogP contribution in [0.3, 0.4) is 0 Å². The molecule has 372 valence electrons. The Morgan fingerprint density at radius 3 is 1.24 bits per heavy atom. The van der Waals surface area contributed by atoms with Crippen LogP contribution < -0.4 is 18.9 Å². The molecule has 6 aromatic carbocycles. The number of ether oxygens (including phenoxy) is 5. The van der Waals surface area contributed by atoms with Crippen LogP contribution in [0.1, 0.15) is 133 Å². The highest BCUT2D eigenvalue weighted by Crippen LogP contribution is 2.39. The molecular formula is C60H70F2O8. The molecule has 10 heteroatoms. The minimum atomic E-state index is -0.797. The van der Waals surface area contributed by atoms with Crippen LogP contribution in [0.5, 0.6) is 23.0 Å². The highest BCUT2D eigenvalue weighted by molar-refractivity contribution is 5.73. The quantitative estimate of drug-likeness (QED) is 0.0801. The van der Waals surface area contributed by atoms with E-state index in [-0.39, 0.29) is 46.7 Å². The number of hydrogen-bond donors (Lipinski definition) is 1. The Kier molecular flexibility index (Phi) is 19.2. The summed E-state index contributed by atoms with van der Waals surface area (Å²) in [6.45, 7) is 19.6. The molecule has 6 aromatic rings. The molecule has 0 aliphatic carbocycles. The first-order valence-electron chi connectivity index (χ1n) is 24.1. The predicted molar refractivity (Wildman–Crippen MR) is 275 cm³/mol. The van der Waals surface area contributed by atoms with Gasteiger partial charge in [0.25, 0.3) is 0 Å². The lowest BCUT2D eigenvalue weighted by Crippen LogP contribution is -2.13.